The third kappa shape index (κ3) is 3.56. The van der Waals surface area contributed by atoms with E-state index >= 15 is 0 Å². The van der Waals surface area contributed by atoms with Crippen molar-refractivity contribution in [1.82, 2.24) is 9.88 Å². The van der Waals surface area contributed by atoms with Gasteiger partial charge in [0, 0.05) is 36.4 Å². The number of fused-ring (bicyclic) bond motifs is 1. The van der Waals surface area contributed by atoms with Crippen LogP contribution in [0.4, 0.5) is 0 Å². The Morgan fingerprint density at radius 1 is 1.14 bits per heavy atom. The Morgan fingerprint density at radius 3 is 2.57 bits per heavy atom. The maximum absolute atomic E-state index is 11.6. The van der Waals surface area contributed by atoms with Gasteiger partial charge in [-0.05, 0) is 34.7 Å². The molecule has 2 aromatic carbocycles. The Kier molecular flexibility index (Phi) is 5.23. The maximum atomic E-state index is 11.6. The SMILES string of the molecule is O=C(O)Cc1cc2ccccc2c(O)c1C(c1ccncc1)N1CCOCC1. The van der Waals surface area contributed by atoms with Crippen molar-refractivity contribution in [2.24, 2.45) is 0 Å². The zero-order valence-corrected chi connectivity index (χ0v) is 15.4. The lowest BCUT2D eigenvalue weighted by molar-refractivity contribution is -0.136. The first-order valence-corrected chi connectivity index (χ1v) is 9.32. The van der Waals surface area contributed by atoms with Gasteiger partial charge in [0.15, 0.2) is 0 Å². The summed E-state index contributed by atoms with van der Waals surface area (Å²) >= 11 is 0. The molecule has 0 bridgehead atoms. The predicted molar refractivity (Wildman–Crippen MR) is 105 cm³/mol. The molecule has 6 heteroatoms. The van der Waals surface area contributed by atoms with Gasteiger partial charge in [0.1, 0.15) is 5.75 Å². The number of carboxylic acid groups (broad SMARTS) is 1. The molecule has 2 N–H and O–H groups in total. The second-order valence-electron chi connectivity index (χ2n) is 6.92. The Labute approximate surface area is 163 Å². The summed E-state index contributed by atoms with van der Waals surface area (Å²) in [6.07, 6.45) is 3.29. The number of hydrogen-bond acceptors (Lipinski definition) is 5. The quantitative estimate of drug-likeness (QED) is 0.710. The van der Waals surface area contributed by atoms with E-state index in [0.717, 1.165) is 16.3 Å². The maximum Gasteiger partial charge on any atom is 0.307 e. The van der Waals surface area contributed by atoms with Crippen LogP contribution in [-0.4, -0.2) is 52.4 Å². The van der Waals surface area contributed by atoms with Crippen molar-refractivity contribution in [2.75, 3.05) is 26.3 Å². The van der Waals surface area contributed by atoms with Gasteiger partial charge in [0.05, 0.1) is 25.7 Å². The number of benzene rings is 2. The molecule has 2 heterocycles. The van der Waals surface area contributed by atoms with Gasteiger partial charge in [-0.2, -0.15) is 0 Å². The monoisotopic (exact) mass is 378 g/mol. The van der Waals surface area contributed by atoms with Gasteiger partial charge >= 0.3 is 5.97 Å². The molecule has 1 fully saturated rings. The Morgan fingerprint density at radius 2 is 1.86 bits per heavy atom. The largest absolute Gasteiger partial charge is 0.507 e. The highest BCUT2D eigenvalue weighted by Crippen LogP contribution is 2.41. The van der Waals surface area contributed by atoms with Crippen molar-refractivity contribution in [3.05, 3.63) is 71.5 Å². The van der Waals surface area contributed by atoms with E-state index < -0.39 is 5.97 Å². The zero-order chi connectivity index (χ0) is 19.5. The molecular weight excluding hydrogens is 356 g/mol. The van der Waals surface area contributed by atoms with E-state index in [2.05, 4.69) is 9.88 Å². The number of phenols is 1. The van der Waals surface area contributed by atoms with Crippen LogP contribution in [0.5, 0.6) is 5.75 Å². The van der Waals surface area contributed by atoms with Crippen LogP contribution < -0.4 is 0 Å². The molecule has 6 nitrogen and oxygen atoms in total. The number of carbonyl (C=O) groups is 1. The average Bonchev–Trinajstić information content (AvgIpc) is 2.72. The van der Waals surface area contributed by atoms with Crippen LogP contribution in [0.15, 0.2) is 54.9 Å². The smallest absolute Gasteiger partial charge is 0.307 e. The van der Waals surface area contributed by atoms with Crippen LogP contribution in [0.2, 0.25) is 0 Å². The van der Waals surface area contributed by atoms with E-state index in [-0.39, 0.29) is 18.2 Å². The molecular formula is C22H22N2O4. The highest BCUT2D eigenvalue weighted by atomic mass is 16.5. The van der Waals surface area contributed by atoms with Crippen LogP contribution in [0.25, 0.3) is 10.8 Å². The van der Waals surface area contributed by atoms with Gasteiger partial charge < -0.3 is 14.9 Å². The van der Waals surface area contributed by atoms with Crippen LogP contribution in [0.3, 0.4) is 0 Å². The highest BCUT2D eigenvalue weighted by Gasteiger charge is 2.30. The normalized spacial score (nSPS) is 16.1. The molecule has 3 aromatic rings. The average molecular weight is 378 g/mol. The third-order valence-electron chi connectivity index (χ3n) is 5.19. The molecule has 0 amide bonds. The molecule has 28 heavy (non-hydrogen) atoms. The van der Waals surface area contributed by atoms with E-state index in [1.807, 2.05) is 42.5 Å². The van der Waals surface area contributed by atoms with Crippen molar-refractivity contribution in [1.29, 1.82) is 0 Å². The fourth-order valence-electron chi connectivity index (χ4n) is 3.96. The molecule has 1 saturated heterocycles. The molecule has 1 aliphatic heterocycles. The van der Waals surface area contributed by atoms with Gasteiger partial charge in [-0.25, -0.2) is 0 Å². The summed E-state index contributed by atoms with van der Waals surface area (Å²) < 4.78 is 5.51. The molecule has 0 radical (unpaired) electrons. The minimum atomic E-state index is -0.925. The van der Waals surface area contributed by atoms with Crippen molar-refractivity contribution >= 4 is 16.7 Å². The first kappa shape index (κ1) is 18.4. The number of morpholine rings is 1. The van der Waals surface area contributed by atoms with Crippen molar-refractivity contribution < 1.29 is 19.7 Å². The fraction of sp³-hybridized carbons (Fsp3) is 0.273. The Hall–Kier alpha value is -2.96. The number of aromatic hydroxyl groups is 1. The van der Waals surface area contributed by atoms with Crippen LogP contribution in [-0.2, 0) is 16.0 Å². The van der Waals surface area contributed by atoms with Gasteiger partial charge in [-0.15, -0.1) is 0 Å². The van der Waals surface area contributed by atoms with Gasteiger partial charge in [0.25, 0.3) is 0 Å². The lowest BCUT2D eigenvalue weighted by Crippen LogP contribution is -2.40. The molecule has 1 unspecified atom stereocenters. The van der Waals surface area contributed by atoms with E-state index in [1.165, 1.54) is 0 Å². The first-order chi connectivity index (χ1) is 13.6. The summed E-state index contributed by atoms with van der Waals surface area (Å²) in [5.74, 6) is -0.783. The lowest BCUT2D eigenvalue weighted by atomic mass is 9.88. The highest BCUT2D eigenvalue weighted by molar-refractivity contribution is 5.91. The van der Waals surface area contributed by atoms with Crippen molar-refractivity contribution in [2.45, 2.75) is 12.5 Å². The van der Waals surface area contributed by atoms with Crippen LogP contribution in [0.1, 0.15) is 22.7 Å². The summed E-state index contributed by atoms with van der Waals surface area (Å²) in [5, 5.41) is 22.3. The van der Waals surface area contributed by atoms with Crippen molar-refractivity contribution in [3.63, 3.8) is 0 Å². The number of carboxylic acids is 1. The number of pyridine rings is 1. The standard InChI is InChI=1S/C22H22N2O4/c25-19(26)14-17-13-16-3-1-2-4-18(16)22(27)20(17)21(15-5-7-23-8-6-15)24-9-11-28-12-10-24/h1-8,13,21,27H,9-12,14H2,(H,25,26). The summed E-state index contributed by atoms with van der Waals surface area (Å²) in [5.41, 5.74) is 2.24. The fourth-order valence-corrected chi connectivity index (χ4v) is 3.96. The Bertz CT molecular complexity index is 984. The summed E-state index contributed by atoms with van der Waals surface area (Å²) in [7, 11) is 0. The van der Waals surface area contributed by atoms with Gasteiger partial charge in [-0.1, -0.05) is 24.3 Å². The second kappa shape index (κ2) is 7.96. The Balaban J connectivity index is 1.95. The van der Waals surface area contributed by atoms with Gasteiger partial charge in [0.2, 0.25) is 0 Å². The molecule has 144 valence electrons. The minimum Gasteiger partial charge on any atom is -0.507 e. The molecule has 1 aromatic heterocycles. The first-order valence-electron chi connectivity index (χ1n) is 9.32. The second-order valence-corrected chi connectivity index (χ2v) is 6.92. The van der Waals surface area contributed by atoms with E-state index in [4.69, 9.17) is 4.74 Å². The molecule has 0 spiro atoms. The lowest BCUT2D eigenvalue weighted by Gasteiger charge is -2.36. The van der Waals surface area contributed by atoms with E-state index in [9.17, 15) is 15.0 Å². The number of rotatable bonds is 5. The number of ether oxygens (including phenoxy) is 1. The number of phenolic OH excluding ortho intramolecular Hbond substituents is 1. The molecule has 4 rings (SSSR count). The number of aromatic nitrogens is 1. The molecule has 1 aliphatic rings. The third-order valence-corrected chi connectivity index (χ3v) is 5.19. The zero-order valence-electron chi connectivity index (χ0n) is 15.4. The number of nitrogens with zero attached hydrogens (tertiary/aromatic N) is 2. The summed E-state index contributed by atoms with van der Waals surface area (Å²) in [4.78, 5) is 17.9. The van der Waals surface area contributed by atoms with E-state index in [1.54, 1.807) is 12.4 Å². The predicted octanol–water partition coefficient (Wildman–Crippen LogP) is 2.99. The molecule has 0 saturated carbocycles. The van der Waals surface area contributed by atoms with Crippen molar-refractivity contribution in [3.8, 4) is 5.75 Å². The van der Waals surface area contributed by atoms with Gasteiger partial charge in [-0.3, -0.25) is 14.7 Å². The molecule has 0 aliphatic carbocycles. The van der Waals surface area contributed by atoms with Crippen LogP contribution in [0, 0.1) is 0 Å². The number of aliphatic carboxylic acids is 1. The minimum absolute atomic E-state index is 0.141. The van der Waals surface area contributed by atoms with Crippen LogP contribution >= 0.6 is 0 Å². The summed E-state index contributed by atoms with van der Waals surface area (Å²) in [6, 6.07) is 13.0. The number of hydrogen-bond donors (Lipinski definition) is 2. The molecule has 1 atom stereocenters. The van der Waals surface area contributed by atoms with E-state index in [0.29, 0.717) is 37.4 Å². The summed E-state index contributed by atoms with van der Waals surface area (Å²) in [6.45, 7) is 2.60. The topological polar surface area (TPSA) is 82.9 Å².